The van der Waals surface area contributed by atoms with E-state index in [4.69, 9.17) is 23.2 Å². The minimum absolute atomic E-state index is 0. The van der Waals surface area contributed by atoms with E-state index in [0.29, 0.717) is 0 Å². The van der Waals surface area contributed by atoms with E-state index in [2.05, 4.69) is 27.7 Å². The van der Waals surface area contributed by atoms with Crippen LogP contribution < -0.4 is 0 Å². The number of halogens is 2. The zero-order valence-electron chi connectivity index (χ0n) is 12.1. The van der Waals surface area contributed by atoms with E-state index in [0.717, 1.165) is 35.7 Å². The fraction of sp³-hybridized carbons (Fsp3) is 0.500. The first kappa shape index (κ1) is 17.5. The predicted molar refractivity (Wildman–Crippen MR) is 81.0 cm³/mol. The van der Waals surface area contributed by atoms with E-state index in [1.807, 2.05) is 0 Å². The molecule has 0 amide bonds. The first-order valence-electron chi connectivity index (χ1n) is 6.50. The van der Waals surface area contributed by atoms with Gasteiger partial charge in [-0.3, -0.25) is 0 Å². The third-order valence-corrected chi connectivity index (χ3v) is 5.30. The summed E-state index contributed by atoms with van der Waals surface area (Å²) in [5.74, 6) is 0. The molecule has 0 atom stereocenters. The van der Waals surface area contributed by atoms with E-state index in [1.54, 1.807) is 0 Å². The molecule has 2 rings (SSSR count). The van der Waals surface area contributed by atoms with Gasteiger partial charge < -0.3 is 0 Å². The minimum Gasteiger partial charge on any atom is -0.0885 e. The van der Waals surface area contributed by atoms with Gasteiger partial charge in [-0.15, -0.1) is 0 Å². The number of hydrogen-bond donors (Lipinski definition) is 0. The van der Waals surface area contributed by atoms with Crippen molar-refractivity contribution < 1.29 is 25.8 Å². The fourth-order valence-electron chi connectivity index (χ4n) is 2.70. The molecule has 0 aromatic rings. The SMILES string of the molecule is CC1=C(Cl)CC(CCC2=C(C)C(C)=C(Cl)C2)=C1C.[Hf]. The maximum Gasteiger partial charge on any atom is 0.0253 e. The van der Waals surface area contributed by atoms with Crippen molar-refractivity contribution >= 4 is 23.2 Å². The van der Waals surface area contributed by atoms with Crippen LogP contribution in [0.2, 0.25) is 0 Å². The Morgan fingerprint density at radius 3 is 1.21 bits per heavy atom. The van der Waals surface area contributed by atoms with Crippen LogP contribution in [0, 0.1) is 0 Å². The van der Waals surface area contributed by atoms with Gasteiger partial charge in [0.05, 0.1) is 0 Å². The second-order valence-electron chi connectivity index (χ2n) is 5.37. The Labute approximate surface area is 145 Å². The van der Waals surface area contributed by atoms with Gasteiger partial charge in [-0.1, -0.05) is 34.3 Å². The molecule has 0 bridgehead atoms. The first-order valence-corrected chi connectivity index (χ1v) is 7.26. The molecule has 19 heavy (non-hydrogen) atoms. The summed E-state index contributed by atoms with van der Waals surface area (Å²) in [6.45, 7) is 8.61. The van der Waals surface area contributed by atoms with E-state index in [1.165, 1.54) is 33.4 Å². The van der Waals surface area contributed by atoms with Crippen LogP contribution in [0.1, 0.15) is 53.4 Å². The summed E-state index contributed by atoms with van der Waals surface area (Å²) in [5, 5.41) is 2.04. The van der Waals surface area contributed by atoms with Gasteiger partial charge >= 0.3 is 0 Å². The molecule has 0 aromatic heterocycles. The molecule has 0 heterocycles. The average Bonchev–Trinajstić information content (AvgIpc) is 2.72. The Hall–Kier alpha value is 0.410. The van der Waals surface area contributed by atoms with Crippen LogP contribution in [0.5, 0.6) is 0 Å². The quantitative estimate of drug-likeness (QED) is 0.437. The monoisotopic (exact) mass is 462 g/mol. The van der Waals surface area contributed by atoms with Gasteiger partial charge in [0.2, 0.25) is 0 Å². The van der Waals surface area contributed by atoms with Gasteiger partial charge in [-0.2, -0.15) is 0 Å². The standard InChI is InChI=1S/C16H20Cl2.Hf/c1-9-11(3)15(17)7-13(9)5-6-14-8-16(18)12(4)10(14)2;/h5-8H2,1-4H3;. The molecule has 0 aromatic carbocycles. The molecule has 0 spiro atoms. The van der Waals surface area contributed by atoms with E-state index in [-0.39, 0.29) is 25.8 Å². The summed E-state index contributed by atoms with van der Waals surface area (Å²) in [7, 11) is 0. The molecule has 2 aliphatic rings. The Bertz CT molecular complexity index is 471. The zero-order chi connectivity index (χ0) is 13.4. The van der Waals surface area contributed by atoms with Gasteiger partial charge in [-0.25, -0.2) is 0 Å². The van der Waals surface area contributed by atoms with Gasteiger partial charge in [0.25, 0.3) is 0 Å². The van der Waals surface area contributed by atoms with Gasteiger partial charge in [0, 0.05) is 48.7 Å². The molecule has 0 N–H and O–H groups in total. The van der Waals surface area contributed by atoms with Crippen LogP contribution in [0.15, 0.2) is 43.5 Å². The van der Waals surface area contributed by atoms with Crippen LogP contribution in [0.4, 0.5) is 0 Å². The summed E-state index contributed by atoms with van der Waals surface area (Å²) in [5.41, 5.74) is 8.34. The number of rotatable bonds is 3. The molecular weight excluding hydrogens is 442 g/mol. The maximum absolute atomic E-state index is 6.22. The summed E-state index contributed by atoms with van der Waals surface area (Å²) >= 11 is 12.4. The normalized spacial score (nSPS) is 19.9. The third kappa shape index (κ3) is 3.54. The molecule has 0 saturated heterocycles. The molecule has 0 unspecified atom stereocenters. The van der Waals surface area contributed by atoms with Crippen LogP contribution in [0.25, 0.3) is 0 Å². The van der Waals surface area contributed by atoms with Gasteiger partial charge in [0.1, 0.15) is 0 Å². The number of hydrogen-bond acceptors (Lipinski definition) is 0. The summed E-state index contributed by atoms with van der Waals surface area (Å²) < 4.78 is 0. The molecule has 0 saturated carbocycles. The summed E-state index contributed by atoms with van der Waals surface area (Å²) in [6, 6.07) is 0. The van der Waals surface area contributed by atoms with E-state index >= 15 is 0 Å². The molecule has 102 valence electrons. The van der Waals surface area contributed by atoms with Crippen molar-refractivity contribution in [3.05, 3.63) is 43.5 Å². The van der Waals surface area contributed by atoms with Crippen molar-refractivity contribution in [2.75, 3.05) is 0 Å². The summed E-state index contributed by atoms with van der Waals surface area (Å²) in [6.07, 6.45) is 4.13. The predicted octanol–water partition coefficient (Wildman–Crippen LogP) is 6.23. The maximum atomic E-state index is 6.22. The average molecular weight is 462 g/mol. The smallest absolute Gasteiger partial charge is 0.0253 e. The third-order valence-electron chi connectivity index (χ3n) is 4.47. The van der Waals surface area contributed by atoms with Crippen LogP contribution in [-0.2, 0) is 25.8 Å². The summed E-state index contributed by atoms with van der Waals surface area (Å²) in [4.78, 5) is 0. The van der Waals surface area contributed by atoms with Gasteiger partial charge in [0.15, 0.2) is 0 Å². The Morgan fingerprint density at radius 1 is 0.684 bits per heavy atom. The Kier molecular flexibility index (Phi) is 6.35. The van der Waals surface area contributed by atoms with Crippen molar-refractivity contribution in [1.29, 1.82) is 0 Å². The molecular formula is C16H20Cl2Hf. The Balaban J connectivity index is 0.00000180. The molecule has 2 aliphatic carbocycles. The molecule has 3 heteroatoms. The van der Waals surface area contributed by atoms with Crippen LogP contribution in [0.3, 0.4) is 0 Å². The molecule has 0 nitrogen and oxygen atoms in total. The molecule has 0 radical (unpaired) electrons. The van der Waals surface area contributed by atoms with Crippen molar-refractivity contribution in [3.63, 3.8) is 0 Å². The van der Waals surface area contributed by atoms with Crippen LogP contribution >= 0.6 is 23.2 Å². The van der Waals surface area contributed by atoms with Crippen molar-refractivity contribution in [2.45, 2.75) is 53.4 Å². The first-order chi connectivity index (χ1) is 8.41. The van der Waals surface area contributed by atoms with E-state index < -0.39 is 0 Å². The van der Waals surface area contributed by atoms with E-state index in [9.17, 15) is 0 Å². The number of allylic oxidation sites excluding steroid dienone is 8. The molecule has 0 aliphatic heterocycles. The second-order valence-corrected chi connectivity index (χ2v) is 6.28. The zero-order valence-corrected chi connectivity index (χ0v) is 17.2. The van der Waals surface area contributed by atoms with Gasteiger partial charge in [-0.05, 0) is 62.8 Å². The minimum atomic E-state index is 0. The topological polar surface area (TPSA) is 0 Å². The van der Waals surface area contributed by atoms with Crippen molar-refractivity contribution in [2.24, 2.45) is 0 Å². The fourth-order valence-corrected chi connectivity index (χ4v) is 3.30. The van der Waals surface area contributed by atoms with Crippen molar-refractivity contribution in [3.8, 4) is 0 Å². The largest absolute Gasteiger partial charge is 0.0885 e. The molecule has 0 fully saturated rings. The van der Waals surface area contributed by atoms with Crippen LogP contribution in [-0.4, -0.2) is 0 Å². The van der Waals surface area contributed by atoms with Crippen molar-refractivity contribution in [1.82, 2.24) is 0 Å². The Morgan fingerprint density at radius 2 is 1.00 bits per heavy atom. The second kappa shape index (κ2) is 6.91.